The third kappa shape index (κ3) is 1.95. The molecule has 0 aromatic heterocycles. The number of halogens is 1. The highest BCUT2D eigenvalue weighted by atomic mass is 79.9. The smallest absolute Gasteiger partial charge is 0.0250 e. The first-order valence-corrected chi connectivity index (χ1v) is 7.62. The first kappa shape index (κ1) is 12.9. The minimum atomic E-state index is 0.204. The molecule has 1 heteroatoms. The Balaban J connectivity index is 2.08. The Kier molecular flexibility index (Phi) is 3.05. The van der Waals surface area contributed by atoms with Gasteiger partial charge in [0.25, 0.3) is 0 Å². The van der Waals surface area contributed by atoms with Gasteiger partial charge < -0.3 is 0 Å². The molecule has 0 saturated heterocycles. The van der Waals surface area contributed by atoms with Crippen molar-refractivity contribution < 1.29 is 0 Å². The van der Waals surface area contributed by atoms with Crippen LogP contribution in [-0.2, 0) is 0 Å². The van der Waals surface area contributed by atoms with Crippen LogP contribution in [0.4, 0.5) is 0 Å². The van der Waals surface area contributed by atoms with E-state index >= 15 is 0 Å². The van der Waals surface area contributed by atoms with E-state index in [-0.39, 0.29) is 5.41 Å². The predicted octanol–water partition coefficient (Wildman–Crippen LogP) is 5.72. The normalized spacial score (nSPS) is 21.9. The highest BCUT2D eigenvalue weighted by Gasteiger charge is 2.40. The van der Waals surface area contributed by atoms with Crippen LogP contribution in [0.2, 0.25) is 0 Å². The fraction of sp³-hybridized carbons (Fsp3) is 0.333. The maximum atomic E-state index is 3.68. The standard InChI is InChI=1S/C18H19Br/c1-12-11-15-14(9-6-10-16(15)19)17(12)18(2,3)13-7-4-5-8-13/h4-11,13,17H,1-3H3. The predicted molar refractivity (Wildman–Crippen MR) is 86.1 cm³/mol. The summed E-state index contributed by atoms with van der Waals surface area (Å²) in [5, 5.41) is 0. The van der Waals surface area contributed by atoms with E-state index in [1.165, 1.54) is 21.2 Å². The van der Waals surface area contributed by atoms with Crippen molar-refractivity contribution in [2.45, 2.75) is 26.7 Å². The number of benzene rings is 1. The summed E-state index contributed by atoms with van der Waals surface area (Å²) < 4.78 is 1.21. The monoisotopic (exact) mass is 314 g/mol. The number of hydrogen-bond acceptors (Lipinski definition) is 0. The highest BCUT2D eigenvalue weighted by Crippen LogP contribution is 2.53. The molecule has 0 N–H and O–H groups in total. The van der Waals surface area contributed by atoms with Crippen LogP contribution >= 0.6 is 15.9 Å². The Bertz CT molecular complexity index is 590. The molecule has 1 aromatic carbocycles. The van der Waals surface area contributed by atoms with Crippen LogP contribution < -0.4 is 0 Å². The highest BCUT2D eigenvalue weighted by molar-refractivity contribution is 9.10. The Morgan fingerprint density at radius 1 is 1.11 bits per heavy atom. The largest absolute Gasteiger partial charge is 0.0771 e. The Labute approximate surface area is 124 Å². The molecule has 0 radical (unpaired) electrons. The van der Waals surface area contributed by atoms with E-state index in [4.69, 9.17) is 0 Å². The van der Waals surface area contributed by atoms with Gasteiger partial charge >= 0.3 is 0 Å². The lowest BCUT2D eigenvalue weighted by atomic mass is 9.66. The van der Waals surface area contributed by atoms with Gasteiger partial charge in [-0.1, -0.05) is 77.9 Å². The van der Waals surface area contributed by atoms with Gasteiger partial charge in [0.05, 0.1) is 0 Å². The maximum absolute atomic E-state index is 3.68. The summed E-state index contributed by atoms with van der Waals surface area (Å²) in [5.41, 5.74) is 4.51. The van der Waals surface area contributed by atoms with E-state index in [0.717, 1.165) is 0 Å². The van der Waals surface area contributed by atoms with E-state index in [2.05, 4.69) is 85.3 Å². The second-order valence-corrected chi connectivity index (χ2v) is 7.04. The van der Waals surface area contributed by atoms with Crippen molar-refractivity contribution in [2.24, 2.45) is 11.3 Å². The van der Waals surface area contributed by atoms with E-state index < -0.39 is 0 Å². The Morgan fingerprint density at radius 2 is 1.79 bits per heavy atom. The van der Waals surface area contributed by atoms with Crippen LogP contribution in [0.15, 0.2) is 52.5 Å². The third-order valence-corrected chi connectivity index (χ3v) is 5.27. The molecule has 2 aliphatic carbocycles. The second-order valence-electron chi connectivity index (χ2n) is 6.18. The molecule has 98 valence electrons. The van der Waals surface area contributed by atoms with Crippen molar-refractivity contribution in [1.29, 1.82) is 0 Å². The van der Waals surface area contributed by atoms with Gasteiger partial charge in [-0.3, -0.25) is 0 Å². The number of rotatable bonds is 2. The first-order chi connectivity index (χ1) is 9.01. The van der Waals surface area contributed by atoms with Crippen molar-refractivity contribution in [3.05, 3.63) is 63.7 Å². The molecular formula is C18H19Br. The topological polar surface area (TPSA) is 0 Å². The Hall–Kier alpha value is -1.08. The molecule has 3 rings (SSSR count). The summed E-state index contributed by atoms with van der Waals surface area (Å²) in [5.74, 6) is 1.02. The average Bonchev–Trinajstić information content (AvgIpc) is 2.96. The van der Waals surface area contributed by atoms with Crippen LogP contribution in [0.3, 0.4) is 0 Å². The van der Waals surface area contributed by atoms with Gasteiger partial charge in [-0.2, -0.15) is 0 Å². The zero-order chi connectivity index (χ0) is 13.6. The molecule has 0 fully saturated rings. The zero-order valence-electron chi connectivity index (χ0n) is 11.7. The molecule has 0 saturated carbocycles. The molecule has 1 aromatic rings. The van der Waals surface area contributed by atoms with Gasteiger partial charge in [0.2, 0.25) is 0 Å². The molecular weight excluding hydrogens is 296 g/mol. The van der Waals surface area contributed by atoms with Crippen LogP contribution in [0.1, 0.15) is 37.8 Å². The van der Waals surface area contributed by atoms with Gasteiger partial charge in [0.1, 0.15) is 0 Å². The zero-order valence-corrected chi connectivity index (χ0v) is 13.2. The fourth-order valence-corrected chi connectivity index (χ4v) is 4.12. The van der Waals surface area contributed by atoms with Crippen molar-refractivity contribution in [3.8, 4) is 0 Å². The van der Waals surface area contributed by atoms with Gasteiger partial charge in [-0.25, -0.2) is 0 Å². The summed E-state index contributed by atoms with van der Waals surface area (Å²) in [6.07, 6.45) is 11.3. The quantitative estimate of drug-likeness (QED) is 0.655. The van der Waals surface area contributed by atoms with Crippen LogP contribution in [0.25, 0.3) is 6.08 Å². The number of fused-ring (bicyclic) bond motifs is 1. The van der Waals surface area contributed by atoms with Gasteiger partial charge in [-0.15, -0.1) is 0 Å². The second kappa shape index (κ2) is 4.49. The van der Waals surface area contributed by atoms with Crippen LogP contribution in [0, 0.1) is 11.3 Å². The van der Waals surface area contributed by atoms with E-state index in [9.17, 15) is 0 Å². The fourth-order valence-electron chi connectivity index (χ4n) is 3.62. The third-order valence-electron chi connectivity index (χ3n) is 4.58. The summed E-state index contributed by atoms with van der Waals surface area (Å²) in [6, 6.07) is 6.56. The number of allylic oxidation sites excluding steroid dienone is 5. The van der Waals surface area contributed by atoms with E-state index in [1.54, 1.807) is 0 Å². The molecule has 0 spiro atoms. The van der Waals surface area contributed by atoms with Gasteiger partial charge in [0, 0.05) is 16.3 Å². The van der Waals surface area contributed by atoms with E-state index in [0.29, 0.717) is 11.8 Å². The number of hydrogen-bond donors (Lipinski definition) is 0. The molecule has 0 bridgehead atoms. The molecule has 19 heavy (non-hydrogen) atoms. The maximum Gasteiger partial charge on any atom is 0.0250 e. The molecule has 0 heterocycles. The van der Waals surface area contributed by atoms with Crippen molar-refractivity contribution >= 4 is 22.0 Å². The van der Waals surface area contributed by atoms with Gasteiger partial charge in [-0.05, 0) is 29.5 Å². The minimum absolute atomic E-state index is 0.204. The summed E-state index contributed by atoms with van der Waals surface area (Å²) in [6.45, 7) is 7.03. The lowest BCUT2D eigenvalue weighted by Crippen LogP contribution is -2.28. The lowest BCUT2D eigenvalue weighted by Gasteiger charge is -2.37. The molecule has 0 aliphatic heterocycles. The van der Waals surface area contributed by atoms with Crippen molar-refractivity contribution in [1.82, 2.24) is 0 Å². The first-order valence-electron chi connectivity index (χ1n) is 6.83. The van der Waals surface area contributed by atoms with Crippen LogP contribution in [-0.4, -0.2) is 0 Å². The molecule has 1 atom stereocenters. The lowest BCUT2D eigenvalue weighted by molar-refractivity contribution is 0.264. The van der Waals surface area contributed by atoms with Crippen LogP contribution in [0.5, 0.6) is 0 Å². The van der Waals surface area contributed by atoms with E-state index in [1.807, 2.05) is 0 Å². The SMILES string of the molecule is CC1=Cc2c(Br)cccc2C1C(C)(C)C1C=CC=C1. The van der Waals surface area contributed by atoms with Gasteiger partial charge in [0.15, 0.2) is 0 Å². The van der Waals surface area contributed by atoms with Crippen molar-refractivity contribution in [3.63, 3.8) is 0 Å². The summed E-state index contributed by atoms with van der Waals surface area (Å²) >= 11 is 3.68. The molecule has 0 nitrogen and oxygen atoms in total. The summed E-state index contributed by atoms with van der Waals surface area (Å²) in [7, 11) is 0. The molecule has 0 amide bonds. The average molecular weight is 315 g/mol. The Morgan fingerprint density at radius 3 is 2.47 bits per heavy atom. The molecule has 2 aliphatic rings. The minimum Gasteiger partial charge on any atom is -0.0771 e. The van der Waals surface area contributed by atoms with Crippen molar-refractivity contribution in [2.75, 3.05) is 0 Å². The molecule has 1 unspecified atom stereocenters. The summed E-state index contributed by atoms with van der Waals surface area (Å²) in [4.78, 5) is 0.